The van der Waals surface area contributed by atoms with Crippen molar-refractivity contribution in [1.82, 2.24) is 9.97 Å². The lowest BCUT2D eigenvalue weighted by Gasteiger charge is -2.09. The highest BCUT2D eigenvalue weighted by Gasteiger charge is 2.13. The van der Waals surface area contributed by atoms with Crippen molar-refractivity contribution in [2.45, 2.75) is 0 Å². The van der Waals surface area contributed by atoms with Crippen molar-refractivity contribution >= 4 is 55.1 Å². The fourth-order valence-corrected chi connectivity index (χ4v) is 3.61. The van der Waals surface area contributed by atoms with Gasteiger partial charge in [-0.2, -0.15) is 0 Å². The average molecular weight is 406 g/mol. The van der Waals surface area contributed by atoms with Gasteiger partial charge in [-0.05, 0) is 30.3 Å². The molecule has 0 bridgehead atoms. The van der Waals surface area contributed by atoms with Crippen LogP contribution in [-0.4, -0.2) is 22.5 Å². The van der Waals surface area contributed by atoms with Gasteiger partial charge in [0.1, 0.15) is 11.3 Å². The van der Waals surface area contributed by atoms with Gasteiger partial charge in [-0.15, -0.1) is 0 Å². The first-order valence-electron chi connectivity index (χ1n) is 7.73. The number of ether oxygens (including phenoxy) is 1. The molecule has 4 aromatic rings. The number of anilines is 1. The van der Waals surface area contributed by atoms with E-state index in [0.29, 0.717) is 26.4 Å². The topological polar surface area (TPSA) is 64.1 Å². The maximum Gasteiger partial charge on any atom is 0.264 e. The molecular formula is C18H10ClF2N3O2S. The fourth-order valence-electron chi connectivity index (χ4n) is 2.50. The number of rotatable bonds is 4. The SMILES string of the molecule is O=C(COc1ccc(Cl)c2cccnc12)Nc1nc2cc(F)c(F)cc2s1. The zero-order valence-corrected chi connectivity index (χ0v) is 15.1. The molecular weight excluding hydrogens is 396 g/mol. The van der Waals surface area contributed by atoms with Crippen LogP contribution in [0.3, 0.4) is 0 Å². The molecule has 2 aromatic heterocycles. The largest absolute Gasteiger partial charge is 0.481 e. The summed E-state index contributed by atoms with van der Waals surface area (Å²) in [5.74, 6) is -2.00. The Bertz CT molecular complexity index is 1140. The highest BCUT2D eigenvalue weighted by atomic mass is 35.5. The maximum absolute atomic E-state index is 13.3. The molecule has 4 rings (SSSR count). The van der Waals surface area contributed by atoms with Crippen molar-refractivity contribution in [3.63, 3.8) is 0 Å². The standard InChI is InChI=1S/C18H10ClF2N3O2S/c19-10-3-4-14(17-9(10)2-1-5-22-17)26-8-16(25)24-18-23-13-6-11(20)12(21)7-15(13)27-18/h1-7H,8H2,(H,23,24,25). The van der Waals surface area contributed by atoms with Gasteiger partial charge in [0.15, 0.2) is 23.4 Å². The lowest BCUT2D eigenvalue weighted by atomic mass is 10.2. The molecule has 0 aliphatic carbocycles. The third kappa shape index (κ3) is 3.54. The van der Waals surface area contributed by atoms with Gasteiger partial charge < -0.3 is 4.74 Å². The Labute approximate surface area is 160 Å². The predicted octanol–water partition coefficient (Wildman–Crippen LogP) is 4.79. The maximum atomic E-state index is 13.3. The number of thiazole rings is 1. The molecule has 0 atom stereocenters. The van der Waals surface area contributed by atoms with Crippen molar-refractivity contribution in [1.29, 1.82) is 0 Å². The number of hydrogen-bond acceptors (Lipinski definition) is 5. The van der Waals surface area contributed by atoms with E-state index in [2.05, 4.69) is 15.3 Å². The Balaban J connectivity index is 1.48. The number of benzene rings is 2. The zero-order chi connectivity index (χ0) is 19.0. The van der Waals surface area contributed by atoms with E-state index in [1.807, 2.05) is 0 Å². The number of hydrogen-bond donors (Lipinski definition) is 1. The van der Waals surface area contributed by atoms with Gasteiger partial charge in [-0.1, -0.05) is 22.9 Å². The molecule has 0 radical (unpaired) electrons. The second kappa shape index (κ2) is 7.05. The van der Waals surface area contributed by atoms with E-state index < -0.39 is 17.5 Å². The predicted molar refractivity (Wildman–Crippen MR) is 100 cm³/mol. The van der Waals surface area contributed by atoms with Crippen LogP contribution in [-0.2, 0) is 4.79 Å². The first-order valence-corrected chi connectivity index (χ1v) is 8.92. The number of amides is 1. The third-order valence-electron chi connectivity index (χ3n) is 3.72. The third-order valence-corrected chi connectivity index (χ3v) is 4.98. The van der Waals surface area contributed by atoms with Gasteiger partial charge in [-0.25, -0.2) is 13.8 Å². The van der Waals surface area contributed by atoms with Gasteiger partial charge in [0.05, 0.1) is 15.2 Å². The lowest BCUT2D eigenvalue weighted by Crippen LogP contribution is -2.20. The summed E-state index contributed by atoms with van der Waals surface area (Å²) in [5.41, 5.74) is 0.812. The molecule has 136 valence electrons. The quantitative estimate of drug-likeness (QED) is 0.530. The minimum atomic E-state index is -0.990. The molecule has 1 amide bonds. The number of nitrogens with zero attached hydrogens (tertiary/aromatic N) is 2. The Hall–Kier alpha value is -2.84. The summed E-state index contributed by atoms with van der Waals surface area (Å²) in [5, 5.41) is 4.02. The van der Waals surface area contributed by atoms with E-state index in [9.17, 15) is 13.6 Å². The minimum Gasteiger partial charge on any atom is -0.481 e. The van der Waals surface area contributed by atoms with Crippen LogP contribution in [0.1, 0.15) is 0 Å². The molecule has 27 heavy (non-hydrogen) atoms. The number of aromatic nitrogens is 2. The highest BCUT2D eigenvalue weighted by molar-refractivity contribution is 7.22. The summed E-state index contributed by atoms with van der Waals surface area (Å²) in [6.45, 7) is -0.286. The molecule has 5 nitrogen and oxygen atoms in total. The van der Waals surface area contributed by atoms with E-state index in [0.717, 1.165) is 23.5 Å². The second-order valence-corrected chi connectivity index (χ2v) is 6.97. The van der Waals surface area contributed by atoms with Gasteiger partial charge in [0.2, 0.25) is 0 Å². The monoisotopic (exact) mass is 405 g/mol. The number of carbonyl (C=O) groups excluding carboxylic acids is 1. The van der Waals surface area contributed by atoms with Gasteiger partial charge in [0, 0.05) is 17.6 Å². The molecule has 2 aromatic carbocycles. The molecule has 2 heterocycles. The van der Waals surface area contributed by atoms with Crippen LogP contribution in [0.2, 0.25) is 5.02 Å². The van der Waals surface area contributed by atoms with Crippen molar-refractivity contribution in [3.05, 3.63) is 59.3 Å². The summed E-state index contributed by atoms with van der Waals surface area (Å²) in [4.78, 5) is 20.4. The molecule has 0 aliphatic rings. The van der Waals surface area contributed by atoms with E-state index >= 15 is 0 Å². The van der Waals surface area contributed by atoms with Gasteiger partial charge in [-0.3, -0.25) is 15.1 Å². The molecule has 9 heteroatoms. The van der Waals surface area contributed by atoms with E-state index in [4.69, 9.17) is 16.3 Å². The Morgan fingerprint density at radius 1 is 1.22 bits per heavy atom. The number of pyridine rings is 1. The minimum absolute atomic E-state index is 0.225. The number of halogens is 3. The summed E-state index contributed by atoms with van der Waals surface area (Å²) >= 11 is 7.16. The molecule has 0 saturated heterocycles. The molecule has 0 fully saturated rings. The second-order valence-electron chi connectivity index (χ2n) is 5.54. The molecule has 0 aliphatic heterocycles. The van der Waals surface area contributed by atoms with Crippen LogP contribution in [0.25, 0.3) is 21.1 Å². The van der Waals surface area contributed by atoms with Gasteiger partial charge >= 0.3 is 0 Å². The van der Waals surface area contributed by atoms with E-state index in [1.165, 1.54) is 0 Å². The Morgan fingerprint density at radius 3 is 2.89 bits per heavy atom. The molecule has 1 N–H and O–H groups in total. The smallest absolute Gasteiger partial charge is 0.264 e. The normalized spacial score (nSPS) is 11.1. The number of fused-ring (bicyclic) bond motifs is 2. The molecule has 0 saturated carbocycles. The van der Waals surface area contributed by atoms with Crippen molar-refractivity contribution in [3.8, 4) is 5.75 Å². The lowest BCUT2D eigenvalue weighted by molar-refractivity contribution is -0.118. The fraction of sp³-hybridized carbons (Fsp3) is 0.0556. The van der Waals surface area contributed by atoms with Crippen LogP contribution < -0.4 is 10.1 Å². The van der Waals surface area contributed by atoms with Crippen LogP contribution in [0.5, 0.6) is 5.75 Å². The van der Waals surface area contributed by atoms with E-state index in [-0.39, 0.29) is 17.3 Å². The zero-order valence-electron chi connectivity index (χ0n) is 13.5. The molecule has 0 spiro atoms. The van der Waals surface area contributed by atoms with Crippen molar-refractivity contribution in [2.24, 2.45) is 0 Å². The van der Waals surface area contributed by atoms with Crippen LogP contribution in [0, 0.1) is 11.6 Å². The van der Waals surface area contributed by atoms with Crippen LogP contribution in [0.4, 0.5) is 13.9 Å². The summed E-state index contributed by atoms with van der Waals surface area (Å²) < 4.78 is 32.5. The summed E-state index contributed by atoms with van der Waals surface area (Å²) in [6.07, 6.45) is 1.60. The van der Waals surface area contributed by atoms with Crippen LogP contribution in [0.15, 0.2) is 42.6 Å². The van der Waals surface area contributed by atoms with Crippen molar-refractivity contribution in [2.75, 3.05) is 11.9 Å². The number of carbonyl (C=O) groups is 1. The Morgan fingerprint density at radius 2 is 2.04 bits per heavy atom. The average Bonchev–Trinajstić information content (AvgIpc) is 3.02. The first kappa shape index (κ1) is 17.6. The molecule has 0 unspecified atom stereocenters. The highest BCUT2D eigenvalue weighted by Crippen LogP contribution is 2.30. The summed E-state index contributed by atoms with van der Waals surface area (Å²) in [7, 11) is 0. The first-order chi connectivity index (χ1) is 13.0. The van der Waals surface area contributed by atoms with Gasteiger partial charge in [0.25, 0.3) is 5.91 Å². The summed E-state index contributed by atoms with van der Waals surface area (Å²) in [6, 6.07) is 8.88. The van der Waals surface area contributed by atoms with E-state index in [1.54, 1.807) is 30.5 Å². The van der Waals surface area contributed by atoms with Crippen LogP contribution >= 0.6 is 22.9 Å². The van der Waals surface area contributed by atoms with Crippen molar-refractivity contribution < 1.29 is 18.3 Å². The Kier molecular flexibility index (Phi) is 4.59. The number of nitrogens with one attached hydrogen (secondary N) is 1.